The van der Waals surface area contributed by atoms with Crippen LogP contribution < -0.4 is 5.73 Å². The van der Waals surface area contributed by atoms with Gasteiger partial charge in [-0.3, -0.25) is 4.79 Å². The molecule has 0 bridgehead atoms. The number of allylic oxidation sites excluding steroid dienone is 4. The highest BCUT2D eigenvalue weighted by Crippen LogP contribution is 2.74. The van der Waals surface area contributed by atoms with Gasteiger partial charge in [-0.05, 0) is 85.6 Å². The molecule has 3 saturated carbocycles. The summed E-state index contributed by atoms with van der Waals surface area (Å²) < 4.78 is 6.00. The van der Waals surface area contributed by atoms with Crippen LogP contribution in [0.25, 0.3) is 4.85 Å². The predicted molar refractivity (Wildman–Crippen MR) is 156 cm³/mol. The fraction of sp³-hybridized carbons (Fsp3) is 0.735. The summed E-state index contributed by atoms with van der Waals surface area (Å²) in [6.07, 6.45) is 11.0. The Balaban J connectivity index is 1.51. The van der Waals surface area contributed by atoms with Crippen LogP contribution in [0.1, 0.15) is 105 Å². The van der Waals surface area contributed by atoms with Gasteiger partial charge in [0.1, 0.15) is 0 Å². The molecule has 220 valence electrons. The zero-order chi connectivity index (χ0) is 29.8. The number of nitrogens with zero attached hydrogens (tertiary/aromatic N) is 3. The van der Waals surface area contributed by atoms with E-state index in [-0.39, 0.29) is 56.7 Å². The number of hydrogen-bond donors (Lipinski definition) is 1. The molecule has 3 fully saturated rings. The maximum absolute atomic E-state index is 14.7. The Morgan fingerprint density at radius 2 is 1.76 bits per heavy atom. The third-order valence-electron chi connectivity index (χ3n) is 13.1. The topological polar surface area (TPSA) is 103 Å². The first-order valence-electron chi connectivity index (χ1n) is 15.5. The van der Waals surface area contributed by atoms with Crippen molar-refractivity contribution in [3.8, 4) is 0 Å². The summed E-state index contributed by atoms with van der Waals surface area (Å²) in [4.78, 5) is 36.5. The van der Waals surface area contributed by atoms with Crippen molar-refractivity contribution in [2.75, 3.05) is 6.54 Å². The van der Waals surface area contributed by atoms with Gasteiger partial charge in [-0.1, -0.05) is 65.3 Å². The Morgan fingerprint density at radius 1 is 1.05 bits per heavy atom. The number of aromatic nitrogens is 2. The molecule has 0 amide bonds. The van der Waals surface area contributed by atoms with Crippen molar-refractivity contribution in [1.82, 2.24) is 10.1 Å². The number of carbonyl (C=O) groups is 2. The molecule has 1 heterocycles. The van der Waals surface area contributed by atoms with Gasteiger partial charge >= 0.3 is 0 Å². The zero-order valence-corrected chi connectivity index (χ0v) is 25.9. The van der Waals surface area contributed by atoms with Gasteiger partial charge in [-0.15, -0.1) is 0 Å². The molecule has 0 aromatic carbocycles. The maximum Gasteiger partial charge on any atom is 0.233 e. The first-order valence-corrected chi connectivity index (χ1v) is 15.5. The first kappa shape index (κ1) is 28.5. The highest BCUT2D eigenvalue weighted by atomic mass is 16.5. The highest BCUT2D eigenvalue weighted by molar-refractivity contribution is 6.03. The minimum absolute atomic E-state index is 0.0518. The van der Waals surface area contributed by atoms with E-state index < -0.39 is 10.8 Å². The van der Waals surface area contributed by atoms with Gasteiger partial charge < -0.3 is 15.1 Å². The van der Waals surface area contributed by atoms with Gasteiger partial charge in [-0.25, -0.2) is 4.85 Å². The van der Waals surface area contributed by atoms with Crippen LogP contribution in [0, 0.1) is 51.4 Å². The van der Waals surface area contributed by atoms with Crippen LogP contribution in [0.15, 0.2) is 27.9 Å². The van der Waals surface area contributed by atoms with Crippen molar-refractivity contribution >= 4 is 11.6 Å². The Hall–Kier alpha value is -2.59. The smallest absolute Gasteiger partial charge is 0.233 e. The predicted octanol–water partition coefficient (Wildman–Crippen LogP) is 6.39. The minimum atomic E-state index is -0.652. The van der Waals surface area contributed by atoms with Gasteiger partial charge in [0.05, 0.1) is 12.0 Å². The molecule has 0 aliphatic heterocycles. The number of nitrogens with two attached hydrogens (primary N) is 1. The summed E-state index contributed by atoms with van der Waals surface area (Å²) in [6.45, 7) is 23.8. The number of carbonyl (C=O) groups excluding carboxylic acids is 2. The van der Waals surface area contributed by atoms with Crippen LogP contribution in [0.2, 0.25) is 0 Å². The molecule has 7 heteroatoms. The standard InChI is InChI=1S/C34H46N4O3/c1-29(2)12-14-34(28-37-25(10-16-35)38-41-28)15-13-33(7)26(20(34)18-29)22(39)17-24-31(5)19-21(36-8)27(40)30(3,4)23(31)9-11-32(24,33)6/h17,19-20,23,26H,9-16,18,35H2,1-7H3/t20-,23-,26-,31-,32+,33+,34-/m0/s1. The maximum atomic E-state index is 14.7. The Labute approximate surface area is 244 Å². The van der Waals surface area contributed by atoms with Gasteiger partial charge in [-0.2, -0.15) is 4.98 Å². The summed E-state index contributed by atoms with van der Waals surface area (Å²) in [5, 5.41) is 4.29. The number of Topliss-reactive ketones (excluding diaryl/α,β-unsaturated/α-hetero) is 1. The normalized spacial score (nSPS) is 42.6. The van der Waals surface area contributed by atoms with Crippen molar-refractivity contribution < 1.29 is 14.1 Å². The molecule has 1 aromatic rings. The third kappa shape index (κ3) is 3.58. The average Bonchev–Trinajstić information content (AvgIpc) is 3.37. The second-order valence-corrected chi connectivity index (χ2v) is 15.9. The monoisotopic (exact) mass is 558 g/mol. The molecule has 7 nitrogen and oxygen atoms in total. The highest BCUT2D eigenvalue weighted by Gasteiger charge is 2.70. The van der Waals surface area contributed by atoms with E-state index in [1.165, 1.54) is 0 Å². The van der Waals surface area contributed by atoms with E-state index in [4.69, 9.17) is 21.8 Å². The Bertz CT molecular complexity index is 1430. The molecule has 0 radical (unpaired) electrons. The molecule has 2 N–H and O–H groups in total. The van der Waals surface area contributed by atoms with E-state index in [0.29, 0.717) is 24.7 Å². The van der Waals surface area contributed by atoms with Gasteiger partial charge in [0, 0.05) is 23.2 Å². The Kier molecular flexibility index (Phi) is 6.07. The van der Waals surface area contributed by atoms with Crippen molar-refractivity contribution in [1.29, 1.82) is 0 Å². The van der Waals surface area contributed by atoms with E-state index in [9.17, 15) is 9.59 Å². The molecule has 0 unspecified atom stereocenters. The molecule has 5 aliphatic carbocycles. The lowest BCUT2D eigenvalue weighted by Gasteiger charge is -2.69. The van der Waals surface area contributed by atoms with Crippen molar-refractivity contribution in [3.63, 3.8) is 0 Å². The summed E-state index contributed by atoms with van der Waals surface area (Å²) in [5.74, 6) is 1.48. The van der Waals surface area contributed by atoms with E-state index in [1.54, 1.807) is 0 Å². The lowest BCUT2D eigenvalue weighted by molar-refractivity contribution is -0.161. The van der Waals surface area contributed by atoms with Crippen molar-refractivity contribution in [2.24, 2.45) is 50.6 Å². The minimum Gasteiger partial charge on any atom is -0.339 e. The van der Waals surface area contributed by atoms with E-state index >= 15 is 0 Å². The lowest BCUT2D eigenvalue weighted by Crippen LogP contribution is -2.65. The van der Waals surface area contributed by atoms with E-state index in [1.807, 2.05) is 26.0 Å². The van der Waals surface area contributed by atoms with Crippen LogP contribution in [0.4, 0.5) is 0 Å². The summed E-state index contributed by atoms with van der Waals surface area (Å²) in [7, 11) is 0. The zero-order valence-electron chi connectivity index (χ0n) is 25.9. The first-order chi connectivity index (χ1) is 19.1. The largest absolute Gasteiger partial charge is 0.339 e. The molecule has 7 atom stereocenters. The fourth-order valence-electron chi connectivity index (χ4n) is 10.7. The molecule has 0 spiro atoms. The number of rotatable bonds is 3. The van der Waals surface area contributed by atoms with Gasteiger partial charge in [0.25, 0.3) is 0 Å². The Morgan fingerprint density at radius 3 is 2.44 bits per heavy atom. The third-order valence-corrected chi connectivity index (χ3v) is 13.1. The molecule has 1 aromatic heterocycles. The second kappa shape index (κ2) is 8.72. The lowest BCUT2D eigenvalue weighted by atomic mass is 9.34. The van der Waals surface area contributed by atoms with Gasteiger partial charge in [0.15, 0.2) is 17.4 Å². The van der Waals surface area contributed by atoms with E-state index in [2.05, 4.69) is 44.6 Å². The quantitative estimate of drug-likeness (QED) is 0.431. The van der Waals surface area contributed by atoms with Crippen LogP contribution in [0.3, 0.4) is 0 Å². The van der Waals surface area contributed by atoms with Crippen LogP contribution in [-0.2, 0) is 21.4 Å². The molecular formula is C34H46N4O3. The van der Waals surface area contributed by atoms with Crippen molar-refractivity contribution in [2.45, 2.75) is 105 Å². The fourth-order valence-corrected chi connectivity index (χ4v) is 10.7. The van der Waals surface area contributed by atoms with Crippen LogP contribution in [-0.4, -0.2) is 28.3 Å². The number of hydrogen-bond acceptors (Lipinski definition) is 6. The average molecular weight is 559 g/mol. The van der Waals surface area contributed by atoms with E-state index in [0.717, 1.165) is 50.5 Å². The summed E-state index contributed by atoms with van der Waals surface area (Å²) in [6, 6.07) is 0. The van der Waals surface area contributed by atoms with Crippen molar-refractivity contribution in [3.05, 3.63) is 46.6 Å². The molecule has 0 saturated heterocycles. The van der Waals surface area contributed by atoms with Crippen LogP contribution >= 0.6 is 0 Å². The summed E-state index contributed by atoms with van der Waals surface area (Å²) >= 11 is 0. The van der Waals surface area contributed by atoms with Crippen LogP contribution in [0.5, 0.6) is 0 Å². The molecule has 5 aliphatic rings. The van der Waals surface area contributed by atoms with Gasteiger partial charge in [0.2, 0.25) is 11.6 Å². The number of ketones is 2. The molecular weight excluding hydrogens is 512 g/mol. The molecule has 6 rings (SSSR count). The molecule has 41 heavy (non-hydrogen) atoms. The number of fused-ring (bicyclic) bond motifs is 7. The second-order valence-electron chi connectivity index (χ2n) is 15.9. The summed E-state index contributed by atoms with van der Waals surface area (Å²) in [5.41, 5.74) is 5.30. The SMILES string of the molecule is [C-]#[N+]C1=C[C@]2(C)C3=CC(=O)[C@@H]4[C@@H]5CC(C)(C)CC[C@]5(c5nc(CCN)no5)CC[C@@]4(C)[C@]3(C)CC[C@H]2C(C)(C)C1=O.